The zero-order valence-electron chi connectivity index (χ0n) is 6.62. The minimum atomic E-state index is 0.409. The summed E-state index contributed by atoms with van der Waals surface area (Å²) in [7, 11) is 0. The molecule has 0 heterocycles. The van der Waals surface area contributed by atoms with Crippen LogP contribution in [0.3, 0.4) is 0 Å². The van der Waals surface area contributed by atoms with Crippen LogP contribution < -0.4 is 0 Å². The molecule has 0 bridgehead atoms. The fraction of sp³-hybridized carbons (Fsp3) is 0.200. The van der Waals surface area contributed by atoms with Crippen LogP contribution in [0.2, 0.25) is 0 Å². The van der Waals surface area contributed by atoms with Crippen LogP contribution in [0.5, 0.6) is 0 Å². The highest BCUT2D eigenvalue weighted by molar-refractivity contribution is 5.25. The highest BCUT2D eigenvalue weighted by Crippen LogP contribution is 2.07. The van der Waals surface area contributed by atoms with E-state index in [-0.39, 0.29) is 0 Å². The summed E-state index contributed by atoms with van der Waals surface area (Å²) in [6, 6.07) is 7.62. The van der Waals surface area contributed by atoms with Crippen molar-refractivity contribution in [2.75, 3.05) is 0 Å². The maximum Gasteiger partial charge on any atom is 0.239 e. The van der Waals surface area contributed by atoms with Gasteiger partial charge in [-0.15, -0.1) is 0 Å². The summed E-state index contributed by atoms with van der Waals surface area (Å²) in [4.78, 5) is 6.56. The van der Waals surface area contributed by atoms with Crippen LogP contribution in [-0.4, -0.2) is 0 Å². The molecule has 12 heavy (non-hydrogen) atoms. The lowest BCUT2D eigenvalue weighted by atomic mass is 10.1. The summed E-state index contributed by atoms with van der Waals surface area (Å²) < 4.78 is 0. The molecule has 0 unspecified atom stereocenters. The number of nitrogens with zero attached hydrogens (tertiary/aromatic N) is 2. The van der Waals surface area contributed by atoms with Crippen LogP contribution >= 0.6 is 0 Å². The van der Waals surface area contributed by atoms with Crippen LogP contribution in [0.1, 0.15) is 11.1 Å². The third-order valence-corrected chi connectivity index (χ3v) is 1.51. The molecule has 0 spiro atoms. The molecule has 58 valence electrons. The van der Waals surface area contributed by atoms with Crippen LogP contribution in [-0.2, 0) is 13.1 Å². The van der Waals surface area contributed by atoms with Crippen molar-refractivity contribution in [3.63, 3.8) is 0 Å². The summed E-state index contributed by atoms with van der Waals surface area (Å²) in [6.45, 7) is 14.2. The fourth-order valence-corrected chi connectivity index (χ4v) is 1.01. The average molecular weight is 156 g/mol. The van der Waals surface area contributed by atoms with Crippen molar-refractivity contribution >= 4 is 0 Å². The molecule has 1 aromatic rings. The Morgan fingerprint density at radius 2 is 1.50 bits per heavy atom. The minimum Gasteiger partial charge on any atom is -0.312 e. The van der Waals surface area contributed by atoms with E-state index < -0.39 is 0 Å². The molecule has 0 saturated heterocycles. The Morgan fingerprint density at radius 3 is 1.92 bits per heavy atom. The second kappa shape index (κ2) is 4.16. The van der Waals surface area contributed by atoms with Gasteiger partial charge in [-0.1, -0.05) is 18.2 Å². The van der Waals surface area contributed by atoms with Crippen molar-refractivity contribution in [3.8, 4) is 0 Å². The Balaban J connectivity index is 2.84. The monoisotopic (exact) mass is 156 g/mol. The topological polar surface area (TPSA) is 8.72 Å². The first-order valence-electron chi connectivity index (χ1n) is 3.61. The Hall–Kier alpha value is -1.80. The summed E-state index contributed by atoms with van der Waals surface area (Å²) in [5.41, 5.74) is 1.98. The second-order valence-corrected chi connectivity index (χ2v) is 2.45. The lowest BCUT2D eigenvalue weighted by Gasteiger charge is -1.93. The maximum atomic E-state index is 6.68. The number of hydrogen-bond acceptors (Lipinski definition) is 0. The minimum absolute atomic E-state index is 0.409. The predicted molar refractivity (Wildman–Crippen MR) is 47.1 cm³/mol. The molecule has 2 nitrogen and oxygen atoms in total. The third kappa shape index (κ3) is 2.11. The Bertz CT molecular complexity index is 310. The number of benzene rings is 1. The summed E-state index contributed by atoms with van der Waals surface area (Å²) in [5.74, 6) is 0. The molecule has 0 aliphatic heterocycles. The largest absolute Gasteiger partial charge is 0.312 e. The summed E-state index contributed by atoms with van der Waals surface area (Å²) >= 11 is 0. The predicted octanol–water partition coefficient (Wildman–Crippen LogP) is 2.53. The molecule has 0 aliphatic rings. The molecule has 1 rings (SSSR count). The number of hydrogen-bond donors (Lipinski definition) is 0. The van der Waals surface area contributed by atoms with Crippen molar-refractivity contribution < 1.29 is 0 Å². The molecule has 1 aromatic carbocycles. The van der Waals surface area contributed by atoms with Gasteiger partial charge in [-0.25, -0.2) is 13.1 Å². The van der Waals surface area contributed by atoms with Crippen molar-refractivity contribution in [2.24, 2.45) is 0 Å². The van der Waals surface area contributed by atoms with E-state index >= 15 is 0 Å². The van der Waals surface area contributed by atoms with Crippen LogP contribution in [0.15, 0.2) is 24.3 Å². The van der Waals surface area contributed by atoms with E-state index in [2.05, 4.69) is 9.69 Å². The first-order valence-corrected chi connectivity index (χ1v) is 3.61. The van der Waals surface area contributed by atoms with Gasteiger partial charge < -0.3 is 9.69 Å². The Labute approximate surface area is 72.1 Å². The molecule has 0 fully saturated rings. The lowest BCUT2D eigenvalue weighted by molar-refractivity contribution is 1.20. The van der Waals surface area contributed by atoms with Gasteiger partial charge in [-0.05, 0) is 6.07 Å². The third-order valence-electron chi connectivity index (χ3n) is 1.51. The van der Waals surface area contributed by atoms with Gasteiger partial charge in [0.25, 0.3) is 0 Å². The van der Waals surface area contributed by atoms with Gasteiger partial charge in [0.1, 0.15) is 0 Å². The maximum absolute atomic E-state index is 6.68. The summed E-state index contributed by atoms with van der Waals surface area (Å²) in [6.07, 6.45) is 0. The molecule has 0 atom stereocenters. The van der Waals surface area contributed by atoms with E-state index in [0.29, 0.717) is 13.1 Å². The van der Waals surface area contributed by atoms with Crippen LogP contribution in [0.25, 0.3) is 9.69 Å². The van der Waals surface area contributed by atoms with E-state index in [0.717, 1.165) is 11.1 Å². The molecule has 0 radical (unpaired) electrons. The molecule has 0 N–H and O–H groups in total. The lowest BCUT2D eigenvalue weighted by Crippen LogP contribution is -1.83. The van der Waals surface area contributed by atoms with Gasteiger partial charge >= 0.3 is 0 Å². The molecule has 0 aliphatic carbocycles. The van der Waals surface area contributed by atoms with Gasteiger partial charge in [0.05, 0.1) is 0 Å². The molecular weight excluding hydrogens is 148 g/mol. The molecule has 0 amide bonds. The van der Waals surface area contributed by atoms with Gasteiger partial charge in [-0.2, -0.15) is 0 Å². The average Bonchev–Trinajstić information content (AvgIpc) is 2.06. The zero-order chi connectivity index (χ0) is 8.81. The van der Waals surface area contributed by atoms with Crippen molar-refractivity contribution in [1.29, 1.82) is 0 Å². The Kier molecular flexibility index (Phi) is 2.87. The summed E-state index contributed by atoms with van der Waals surface area (Å²) in [5, 5.41) is 0. The second-order valence-electron chi connectivity index (χ2n) is 2.45. The van der Waals surface area contributed by atoms with Crippen LogP contribution in [0.4, 0.5) is 0 Å². The molecule has 0 aromatic heterocycles. The van der Waals surface area contributed by atoms with Crippen LogP contribution in [0, 0.1) is 13.1 Å². The number of rotatable bonds is 2. The van der Waals surface area contributed by atoms with Gasteiger partial charge in [0.2, 0.25) is 13.1 Å². The van der Waals surface area contributed by atoms with Crippen molar-refractivity contribution in [3.05, 3.63) is 58.2 Å². The smallest absolute Gasteiger partial charge is 0.239 e. The standard InChI is InChI=1S/C10H8N2/c1-11-7-9-4-3-5-10(6-9)8-12-2/h3-6H,7-8H2. The zero-order valence-corrected chi connectivity index (χ0v) is 6.62. The van der Waals surface area contributed by atoms with Crippen molar-refractivity contribution in [1.82, 2.24) is 0 Å². The van der Waals surface area contributed by atoms with E-state index in [9.17, 15) is 0 Å². The van der Waals surface area contributed by atoms with Gasteiger partial charge in [0, 0.05) is 11.1 Å². The Morgan fingerprint density at radius 1 is 1.00 bits per heavy atom. The van der Waals surface area contributed by atoms with Gasteiger partial charge in [-0.3, -0.25) is 0 Å². The SMILES string of the molecule is [C-]#[N+]Cc1cccc(C[N+]#[C-])c1. The molecule has 2 heteroatoms. The quantitative estimate of drug-likeness (QED) is 0.582. The first-order chi connectivity index (χ1) is 5.86. The first kappa shape index (κ1) is 8.30. The molecule has 0 saturated carbocycles. The van der Waals surface area contributed by atoms with E-state index in [1.54, 1.807) is 0 Å². The highest BCUT2D eigenvalue weighted by Gasteiger charge is 1.98. The normalized spacial score (nSPS) is 8.50. The fourth-order valence-electron chi connectivity index (χ4n) is 1.01. The van der Waals surface area contributed by atoms with E-state index in [1.807, 2.05) is 24.3 Å². The highest BCUT2D eigenvalue weighted by atomic mass is 14.6. The van der Waals surface area contributed by atoms with Gasteiger partial charge in [0.15, 0.2) is 0 Å². The van der Waals surface area contributed by atoms with E-state index in [4.69, 9.17) is 13.1 Å². The molecular formula is C10H8N2. The van der Waals surface area contributed by atoms with Crippen molar-refractivity contribution in [2.45, 2.75) is 13.1 Å². The van der Waals surface area contributed by atoms with E-state index in [1.165, 1.54) is 0 Å².